The zero-order chi connectivity index (χ0) is 24.1. The van der Waals surface area contributed by atoms with Gasteiger partial charge in [-0.2, -0.15) is 5.26 Å². The Balaban J connectivity index is 0.00000289. The summed E-state index contributed by atoms with van der Waals surface area (Å²) in [5.74, 6) is -4.48. The fourth-order valence-corrected chi connectivity index (χ4v) is 4.84. The molecule has 1 aliphatic carbocycles. The lowest BCUT2D eigenvalue weighted by molar-refractivity contribution is -0.144. The minimum absolute atomic E-state index is 0. The summed E-state index contributed by atoms with van der Waals surface area (Å²) in [4.78, 5) is 40.1. The zero-order valence-corrected chi connectivity index (χ0v) is 20.2. The van der Waals surface area contributed by atoms with Crippen LogP contribution in [0.2, 0.25) is 5.02 Å². The van der Waals surface area contributed by atoms with Crippen molar-refractivity contribution in [2.45, 2.75) is 25.8 Å². The molecular formula is C24H21Cl2FN4O4. The van der Waals surface area contributed by atoms with E-state index in [2.05, 4.69) is 5.32 Å². The van der Waals surface area contributed by atoms with Crippen molar-refractivity contribution in [3.63, 3.8) is 0 Å². The first-order valence-electron chi connectivity index (χ1n) is 10.9. The van der Waals surface area contributed by atoms with Crippen molar-refractivity contribution in [1.82, 2.24) is 9.88 Å². The predicted molar refractivity (Wildman–Crippen MR) is 130 cm³/mol. The van der Waals surface area contributed by atoms with E-state index in [-0.39, 0.29) is 46.7 Å². The van der Waals surface area contributed by atoms with E-state index in [1.807, 2.05) is 12.4 Å². The number of ketones is 1. The van der Waals surface area contributed by atoms with Crippen LogP contribution in [-0.4, -0.2) is 36.0 Å². The van der Waals surface area contributed by atoms with Gasteiger partial charge in [0.25, 0.3) is 0 Å². The van der Waals surface area contributed by atoms with Crippen LogP contribution < -0.4 is 15.6 Å². The molecule has 0 bridgehead atoms. The number of fused-ring (bicyclic) bond motifs is 2. The number of carbonyl (C=O) groups excluding carboxylic acids is 2. The fraction of sp³-hybridized carbons (Fsp3) is 0.333. The maximum absolute atomic E-state index is 15.4. The molecule has 0 spiro atoms. The van der Waals surface area contributed by atoms with Crippen molar-refractivity contribution in [2.24, 2.45) is 5.92 Å². The van der Waals surface area contributed by atoms with Gasteiger partial charge in [-0.05, 0) is 37.0 Å². The molecule has 1 fully saturated rings. The standard InChI is InChI=1S/C24H20ClFN4O4.ClH/c1-2-34-24(33)16(6-27)23(32)17-11-30(14-3-4-14)20-15(22(17)31)5-18(26)21(19(20)25)29-9-12-7-28-8-13(12)10-29;/h5,7,10-11,14,16,28H,2-4,8-9H2,1H3;1H. The topological polar surface area (TPSA) is 104 Å². The number of nitrogens with one attached hydrogen (secondary N) is 1. The first-order valence-corrected chi connectivity index (χ1v) is 11.3. The van der Waals surface area contributed by atoms with Crippen molar-refractivity contribution in [2.75, 3.05) is 24.6 Å². The van der Waals surface area contributed by atoms with Crippen LogP contribution in [0, 0.1) is 23.1 Å². The molecule has 11 heteroatoms. The Labute approximate surface area is 211 Å². The Bertz CT molecular complexity index is 1420. The second kappa shape index (κ2) is 9.36. The summed E-state index contributed by atoms with van der Waals surface area (Å²) in [5, 5.41) is 12.5. The number of hydrogen-bond acceptors (Lipinski definition) is 7. The van der Waals surface area contributed by atoms with Gasteiger partial charge < -0.3 is 19.5 Å². The van der Waals surface area contributed by atoms with E-state index in [4.69, 9.17) is 16.3 Å². The third-order valence-corrected chi connectivity index (χ3v) is 6.58. The van der Waals surface area contributed by atoms with Crippen molar-refractivity contribution in [1.29, 1.82) is 5.26 Å². The molecule has 0 saturated heterocycles. The fourth-order valence-electron chi connectivity index (χ4n) is 4.44. The molecule has 1 unspecified atom stereocenters. The molecule has 3 aliphatic rings. The van der Waals surface area contributed by atoms with E-state index in [9.17, 15) is 19.6 Å². The van der Waals surface area contributed by atoms with Gasteiger partial charge in [0.15, 0.2) is 11.2 Å². The average Bonchev–Trinajstić information content (AvgIpc) is 3.42. The molecule has 0 amide bonds. The number of hydrogen-bond donors (Lipinski definition) is 1. The van der Waals surface area contributed by atoms with Crippen LogP contribution >= 0.6 is 24.0 Å². The molecule has 1 aromatic heterocycles. The second-order valence-electron chi connectivity index (χ2n) is 8.44. The predicted octanol–water partition coefficient (Wildman–Crippen LogP) is 3.63. The van der Waals surface area contributed by atoms with Gasteiger partial charge in [-0.1, -0.05) is 11.6 Å². The van der Waals surface area contributed by atoms with Gasteiger partial charge in [0.1, 0.15) is 5.82 Å². The maximum atomic E-state index is 15.4. The summed E-state index contributed by atoms with van der Waals surface area (Å²) < 4.78 is 21.9. The Kier molecular flexibility index (Phi) is 6.62. The minimum atomic E-state index is -1.78. The molecule has 1 aromatic carbocycles. The summed E-state index contributed by atoms with van der Waals surface area (Å²) in [6.45, 7) is 2.62. The van der Waals surface area contributed by atoms with Crippen molar-refractivity contribution in [3.8, 4) is 6.07 Å². The first-order chi connectivity index (χ1) is 16.3. The molecule has 182 valence electrons. The number of Topliss-reactive ketones (excluding diaryl/α,β-unsaturated/α-hetero) is 1. The number of aromatic nitrogens is 1. The number of nitriles is 1. The molecule has 1 saturated carbocycles. The highest BCUT2D eigenvalue weighted by Gasteiger charge is 2.35. The number of pyridine rings is 1. The normalized spacial score (nSPS) is 17.0. The number of halogens is 3. The lowest BCUT2D eigenvalue weighted by Gasteiger charge is -2.22. The molecule has 2 aliphatic heterocycles. The number of nitrogens with zero attached hydrogens (tertiary/aromatic N) is 3. The minimum Gasteiger partial charge on any atom is -0.465 e. The van der Waals surface area contributed by atoms with Crippen LogP contribution in [0.1, 0.15) is 36.2 Å². The van der Waals surface area contributed by atoms with Crippen LogP contribution in [-0.2, 0) is 9.53 Å². The van der Waals surface area contributed by atoms with Crippen LogP contribution in [0.5, 0.6) is 0 Å². The SMILES string of the molecule is CCOC(=O)C(C#N)C(=O)c1cn(C2CC2)c2c(Cl)c(N3C=C4CNC=C4C3)c(F)cc2c1=O.Cl. The molecule has 8 nitrogen and oxygen atoms in total. The highest BCUT2D eigenvalue weighted by Crippen LogP contribution is 2.43. The summed E-state index contributed by atoms with van der Waals surface area (Å²) in [5.41, 5.74) is 1.42. The third-order valence-electron chi connectivity index (χ3n) is 6.22. The van der Waals surface area contributed by atoms with Crippen LogP contribution in [0.4, 0.5) is 10.1 Å². The van der Waals surface area contributed by atoms with Gasteiger partial charge >= 0.3 is 5.97 Å². The van der Waals surface area contributed by atoms with Crippen molar-refractivity contribution in [3.05, 3.63) is 62.4 Å². The van der Waals surface area contributed by atoms with Crippen molar-refractivity contribution < 1.29 is 18.7 Å². The molecule has 35 heavy (non-hydrogen) atoms. The Morgan fingerprint density at radius 3 is 2.74 bits per heavy atom. The number of rotatable bonds is 6. The number of esters is 1. The van der Waals surface area contributed by atoms with Gasteiger partial charge in [0.2, 0.25) is 5.92 Å². The summed E-state index contributed by atoms with van der Waals surface area (Å²) >= 11 is 6.73. The number of benzene rings is 1. The van der Waals surface area contributed by atoms with Gasteiger partial charge in [0.05, 0.1) is 39.9 Å². The second-order valence-corrected chi connectivity index (χ2v) is 8.82. The molecule has 1 atom stereocenters. The lowest BCUT2D eigenvalue weighted by atomic mass is 9.98. The summed E-state index contributed by atoms with van der Waals surface area (Å²) in [6, 6.07) is 2.67. The van der Waals surface area contributed by atoms with Gasteiger partial charge in [0, 0.05) is 37.7 Å². The highest BCUT2D eigenvalue weighted by molar-refractivity contribution is 6.38. The summed E-state index contributed by atoms with van der Waals surface area (Å²) in [6.07, 6.45) is 6.63. The van der Waals surface area contributed by atoms with Crippen molar-refractivity contribution >= 4 is 52.4 Å². The smallest absolute Gasteiger partial charge is 0.331 e. The van der Waals surface area contributed by atoms with Gasteiger partial charge in [-0.3, -0.25) is 14.4 Å². The monoisotopic (exact) mass is 518 g/mol. The van der Waals surface area contributed by atoms with E-state index < -0.39 is 28.9 Å². The third kappa shape index (κ3) is 4.07. The van der Waals surface area contributed by atoms with E-state index in [0.29, 0.717) is 18.6 Å². The molecule has 1 N–H and O–H groups in total. The number of carbonyl (C=O) groups is 2. The van der Waals surface area contributed by atoms with Gasteiger partial charge in [-0.25, -0.2) is 4.39 Å². The number of ether oxygens (including phenoxy) is 1. The quantitative estimate of drug-likeness (QED) is 0.353. The molecule has 0 radical (unpaired) electrons. The largest absolute Gasteiger partial charge is 0.465 e. The molecule has 2 aromatic rings. The zero-order valence-electron chi connectivity index (χ0n) is 18.6. The lowest BCUT2D eigenvalue weighted by Crippen LogP contribution is -2.30. The summed E-state index contributed by atoms with van der Waals surface area (Å²) in [7, 11) is 0. The van der Waals surface area contributed by atoms with Crippen LogP contribution in [0.25, 0.3) is 10.9 Å². The number of anilines is 1. The molecule has 5 rings (SSSR count). The van der Waals surface area contributed by atoms with E-state index >= 15 is 4.39 Å². The Morgan fingerprint density at radius 1 is 1.37 bits per heavy atom. The molecule has 3 heterocycles. The first kappa shape index (κ1) is 24.8. The Morgan fingerprint density at radius 2 is 2.11 bits per heavy atom. The average molecular weight is 519 g/mol. The van der Waals surface area contributed by atoms with E-state index in [1.165, 1.54) is 6.20 Å². The maximum Gasteiger partial charge on any atom is 0.331 e. The van der Waals surface area contributed by atoms with Gasteiger partial charge in [-0.15, -0.1) is 12.4 Å². The highest BCUT2D eigenvalue weighted by atomic mass is 35.5. The Hall–Kier alpha value is -3.35. The van der Waals surface area contributed by atoms with Crippen LogP contribution in [0.3, 0.4) is 0 Å². The van der Waals surface area contributed by atoms with E-state index in [0.717, 1.165) is 30.1 Å². The van der Waals surface area contributed by atoms with E-state index in [1.54, 1.807) is 22.5 Å². The van der Waals surface area contributed by atoms with Crippen LogP contribution in [0.15, 0.2) is 40.6 Å². The molecular weight excluding hydrogens is 498 g/mol.